The first kappa shape index (κ1) is 21.6. The third-order valence-electron chi connectivity index (χ3n) is 8.04. The van der Waals surface area contributed by atoms with E-state index in [0.29, 0.717) is 5.92 Å². The van der Waals surface area contributed by atoms with Gasteiger partial charge in [0.05, 0.1) is 6.67 Å². The van der Waals surface area contributed by atoms with Crippen molar-refractivity contribution in [2.45, 2.75) is 83.5 Å². The van der Waals surface area contributed by atoms with Crippen LogP contribution in [0, 0.1) is 17.8 Å². The molecule has 0 aliphatic heterocycles. The molecule has 0 bridgehead atoms. The van der Waals surface area contributed by atoms with Crippen molar-refractivity contribution < 1.29 is 4.39 Å². The standard InChI is InChI=1S/C29H39F/c1-2-3-4-22-5-9-24(10-6-22)26-13-17-28(18-14-26)29-19-15-27(16-20-29)25-11-7-23(21-30)8-12-25/h5-6,9-10,13-14,17-18,23,25,27,29H,2-4,7-8,11-12,15-16,19-21H2,1H3. The van der Waals surface area contributed by atoms with Gasteiger partial charge in [-0.1, -0.05) is 61.9 Å². The fourth-order valence-corrected chi connectivity index (χ4v) is 5.93. The number of rotatable bonds is 7. The molecule has 0 saturated heterocycles. The van der Waals surface area contributed by atoms with Crippen molar-refractivity contribution in [2.24, 2.45) is 17.8 Å². The summed E-state index contributed by atoms with van der Waals surface area (Å²) in [5, 5.41) is 0. The van der Waals surface area contributed by atoms with Gasteiger partial charge in [0.2, 0.25) is 0 Å². The molecule has 2 fully saturated rings. The number of hydrogen-bond acceptors (Lipinski definition) is 0. The first-order chi connectivity index (χ1) is 14.8. The number of alkyl halides is 1. The molecule has 0 heterocycles. The van der Waals surface area contributed by atoms with Crippen LogP contribution in [-0.2, 0) is 6.42 Å². The largest absolute Gasteiger partial charge is 0.251 e. The second kappa shape index (κ2) is 10.6. The molecule has 2 aromatic carbocycles. The van der Waals surface area contributed by atoms with Crippen molar-refractivity contribution in [2.75, 3.05) is 6.67 Å². The highest BCUT2D eigenvalue weighted by molar-refractivity contribution is 5.64. The second-order valence-corrected chi connectivity index (χ2v) is 9.97. The number of hydrogen-bond donors (Lipinski definition) is 0. The fraction of sp³-hybridized carbons (Fsp3) is 0.586. The molecule has 0 amide bonds. The smallest absolute Gasteiger partial charge is 0.0922 e. The van der Waals surface area contributed by atoms with Crippen LogP contribution in [0.2, 0.25) is 0 Å². The zero-order valence-corrected chi connectivity index (χ0v) is 18.8. The zero-order valence-electron chi connectivity index (χ0n) is 18.8. The summed E-state index contributed by atoms with van der Waals surface area (Å²) >= 11 is 0. The van der Waals surface area contributed by atoms with Crippen LogP contribution >= 0.6 is 0 Å². The molecule has 0 nitrogen and oxygen atoms in total. The van der Waals surface area contributed by atoms with Crippen molar-refractivity contribution in [3.63, 3.8) is 0 Å². The fourth-order valence-electron chi connectivity index (χ4n) is 5.93. The topological polar surface area (TPSA) is 0 Å². The van der Waals surface area contributed by atoms with Crippen LogP contribution in [0.1, 0.15) is 88.2 Å². The highest BCUT2D eigenvalue weighted by Gasteiger charge is 2.31. The van der Waals surface area contributed by atoms with Crippen LogP contribution in [0.3, 0.4) is 0 Å². The van der Waals surface area contributed by atoms with E-state index in [1.165, 1.54) is 80.0 Å². The number of benzene rings is 2. The van der Waals surface area contributed by atoms with E-state index < -0.39 is 0 Å². The Labute approximate surface area is 183 Å². The van der Waals surface area contributed by atoms with Gasteiger partial charge in [-0.2, -0.15) is 0 Å². The van der Waals surface area contributed by atoms with Crippen molar-refractivity contribution >= 4 is 0 Å². The summed E-state index contributed by atoms with van der Waals surface area (Å²) in [6.45, 7) is 2.15. The molecule has 2 aliphatic rings. The minimum absolute atomic E-state index is 0.0988. The Balaban J connectivity index is 1.30. The highest BCUT2D eigenvalue weighted by atomic mass is 19.1. The summed E-state index contributed by atoms with van der Waals surface area (Å²) in [6, 6.07) is 18.5. The monoisotopic (exact) mass is 406 g/mol. The molecule has 0 N–H and O–H groups in total. The molecular formula is C29H39F. The molecule has 2 aromatic rings. The van der Waals surface area contributed by atoms with Crippen molar-refractivity contribution in [3.8, 4) is 11.1 Å². The maximum Gasteiger partial charge on any atom is 0.0922 e. The van der Waals surface area contributed by atoms with Crippen LogP contribution in [0.15, 0.2) is 48.5 Å². The Bertz CT molecular complexity index is 744. The lowest BCUT2D eigenvalue weighted by atomic mass is 9.68. The maximum atomic E-state index is 12.9. The summed E-state index contributed by atoms with van der Waals surface area (Å²) in [4.78, 5) is 0. The summed E-state index contributed by atoms with van der Waals surface area (Å²) < 4.78 is 12.9. The zero-order chi connectivity index (χ0) is 20.8. The van der Waals surface area contributed by atoms with Gasteiger partial charge in [-0.25, -0.2) is 0 Å². The van der Waals surface area contributed by atoms with Crippen molar-refractivity contribution in [3.05, 3.63) is 59.7 Å². The number of aryl methyl sites for hydroxylation is 1. The van der Waals surface area contributed by atoms with E-state index in [-0.39, 0.29) is 6.67 Å². The summed E-state index contributed by atoms with van der Waals surface area (Å²) in [6.07, 6.45) is 13.9. The quantitative estimate of drug-likeness (QED) is 0.431. The normalized spacial score (nSPS) is 27.1. The molecule has 0 radical (unpaired) electrons. The van der Waals surface area contributed by atoms with Gasteiger partial charge in [0.1, 0.15) is 0 Å². The highest BCUT2D eigenvalue weighted by Crippen LogP contribution is 2.44. The summed E-state index contributed by atoms with van der Waals surface area (Å²) in [5.41, 5.74) is 5.64. The lowest BCUT2D eigenvalue weighted by Crippen LogP contribution is -2.25. The predicted octanol–water partition coefficient (Wildman–Crippen LogP) is 8.75. The molecular weight excluding hydrogens is 367 g/mol. The SMILES string of the molecule is CCCCc1ccc(-c2ccc(C3CCC(C4CCC(CF)CC4)CC3)cc2)cc1. The molecule has 162 valence electrons. The Morgan fingerprint density at radius 2 is 1.23 bits per heavy atom. The molecule has 30 heavy (non-hydrogen) atoms. The molecule has 1 heteroatoms. The third kappa shape index (κ3) is 5.34. The molecule has 2 aliphatic carbocycles. The molecule has 0 atom stereocenters. The van der Waals surface area contributed by atoms with Gasteiger partial charge in [-0.15, -0.1) is 0 Å². The van der Waals surface area contributed by atoms with Gasteiger partial charge in [-0.3, -0.25) is 4.39 Å². The van der Waals surface area contributed by atoms with Gasteiger partial charge < -0.3 is 0 Å². The van der Waals surface area contributed by atoms with Crippen LogP contribution in [0.25, 0.3) is 11.1 Å². The molecule has 2 saturated carbocycles. The summed E-state index contributed by atoms with van der Waals surface area (Å²) in [7, 11) is 0. The molecule has 4 rings (SSSR count). The van der Waals surface area contributed by atoms with Gasteiger partial charge in [0.15, 0.2) is 0 Å². The Morgan fingerprint density at radius 1 is 0.700 bits per heavy atom. The Morgan fingerprint density at radius 3 is 1.77 bits per heavy atom. The van der Waals surface area contributed by atoms with E-state index in [0.717, 1.165) is 30.6 Å². The van der Waals surface area contributed by atoms with Gasteiger partial charge in [0, 0.05) is 0 Å². The van der Waals surface area contributed by atoms with Gasteiger partial charge in [0.25, 0.3) is 0 Å². The Hall–Kier alpha value is -1.63. The van der Waals surface area contributed by atoms with E-state index in [1.54, 1.807) is 0 Å². The molecule has 0 unspecified atom stereocenters. The average Bonchev–Trinajstić information content (AvgIpc) is 2.83. The molecule has 0 aromatic heterocycles. The number of unbranched alkanes of at least 4 members (excludes halogenated alkanes) is 1. The van der Waals surface area contributed by atoms with Crippen LogP contribution in [-0.4, -0.2) is 6.67 Å². The lowest BCUT2D eigenvalue weighted by molar-refractivity contribution is 0.148. The number of halogens is 1. The van der Waals surface area contributed by atoms with E-state index >= 15 is 0 Å². The van der Waals surface area contributed by atoms with E-state index in [2.05, 4.69) is 55.5 Å². The predicted molar refractivity (Wildman–Crippen MR) is 127 cm³/mol. The van der Waals surface area contributed by atoms with Gasteiger partial charge in [-0.05, 0) is 110 Å². The first-order valence-corrected chi connectivity index (χ1v) is 12.5. The summed E-state index contributed by atoms with van der Waals surface area (Å²) in [5.74, 6) is 2.86. The van der Waals surface area contributed by atoms with Gasteiger partial charge >= 0.3 is 0 Å². The van der Waals surface area contributed by atoms with Crippen LogP contribution in [0.4, 0.5) is 4.39 Å². The van der Waals surface area contributed by atoms with Crippen LogP contribution < -0.4 is 0 Å². The minimum atomic E-state index is -0.0988. The van der Waals surface area contributed by atoms with E-state index in [1.807, 2.05) is 0 Å². The van der Waals surface area contributed by atoms with E-state index in [9.17, 15) is 4.39 Å². The van der Waals surface area contributed by atoms with E-state index in [4.69, 9.17) is 0 Å². The minimum Gasteiger partial charge on any atom is -0.251 e. The third-order valence-corrected chi connectivity index (χ3v) is 8.04. The lowest BCUT2D eigenvalue weighted by Gasteiger charge is -2.37. The average molecular weight is 407 g/mol. The Kier molecular flexibility index (Phi) is 7.63. The van der Waals surface area contributed by atoms with Crippen molar-refractivity contribution in [1.82, 2.24) is 0 Å². The second-order valence-electron chi connectivity index (χ2n) is 9.97. The van der Waals surface area contributed by atoms with Crippen molar-refractivity contribution in [1.29, 1.82) is 0 Å². The van der Waals surface area contributed by atoms with Crippen LogP contribution in [0.5, 0.6) is 0 Å². The first-order valence-electron chi connectivity index (χ1n) is 12.5. The molecule has 0 spiro atoms. The maximum absolute atomic E-state index is 12.9.